The largest absolute Gasteiger partial charge is 0.354 e. The summed E-state index contributed by atoms with van der Waals surface area (Å²) in [5, 5.41) is 3.19. The summed E-state index contributed by atoms with van der Waals surface area (Å²) in [6, 6.07) is 2.03. The molecule has 0 aliphatic rings. The van der Waals surface area contributed by atoms with Gasteiger partial charge in [0.2, 0.25) is 5.95 Å². The molecule has 3 heteroatoms. The summed E-state index contributed by atoms with van der Waals surface area (Å²) < 4.78 is 0. The molecule has 0 radical (unpaired) electrons. The highest BCUT2D eigenvalue weighted by molar-refractivity contribution is 5.29. The minimum absolute atomic E-state index is 0.437. The summed E-state index contributed by atoms with van der Waals surface area (Å²) in [5.74, 6) is 1.16. The number of rotatable bonds is 5. The van der Waals surface area contributed by atoms with Crippen LogP contribution in [0.4, 0.5) is 5.95 Å². The standard InChI is InChI=1S/C12H19N3/c1-5-6-7-13-12-14-10(4)8-11(15-12)9(2)3/h5,8-9H,1,6-7H2,2-4H3,(H,13,14,15). The van der Waals surface area contributed by atoms with Gasteiger partial charge >= 0.3 is 0 Å². The fraction of sp³-hybridized carbons (Fsp3) is 0.500. The summed E-state index contributed by atoms with van der Waals surface area (Å²) in [6.07, 6.45) is 2.81. The van der Waals surface area contributed by atoms with Crippen LogP contribution in [0.2, 0.25) is 0 Å². The highest BCUT2D eigenvalue weighted by Gasteiger charge is 2.04. The summed E-state index contributed by atoms with van der Waals surface area (Å²) in [5.41, 5.74) is 2.10. The number of nitrogens with zero attached hydrogens (tertiary/aromatic N) is 2. The Balaban J connectivity index is 2.74. The van der Waals surface area contributed by atoms with E-state index >= 15 is 0 Å². The maximum Gasteiger partial charge on any atom is 0.223 e. The van der Waals surface area contributed by atoms with Crippen LogP contribution in [0.1, 0.15) is 37.6 Å². The fourth-order valence-electron chi connectivity index (χ4n) is 1.25. The summed E-state index contributed by atoms with van der Waals surface area (Å²) >= 11 is 0. The van der Waals surface area contributed by atoms with Gasteiger partial charge in [-0.2, -0.15) is 0 Å². The van der Waals surface area contributed by atoms with E-state index in [2.05, 4.69) is 35.7 Å². The first-order valence-corrected chi connectivity index (χ1v) is 5.34. The summed E-state index contributed by atoms with van der Waals surface area (Å²) in [4.78, 5) is 8.78. The minimum Gasteiger partial charge on any atom is -0.354 e. The Morgan fingerprint density at radius 3 is 2.80 bits per heavy atom. The van der Waals surface area contributed by atoms with Gasteiger partial charge in [-0.05, 0) is 25.3 Å². The molecule has 15 heavy (non-hydrogen) atoms. The molecule has 0 unspecified atom stereocenters. The van der Waals surface area contributed by atoms with Crippen molar-refractivity contribution in [1.29, 1.82) is 0 Å². The van der Waals surface area contributed by atoms with Crippen LogP contribution in [-0.2, 0) is 0 Å². The van der Waals surface area contributed by atoms with Crippen LogP contribution in [0.15, 0.2) is 18.7 Å². The van der Waals surface area contributed by atoms with Crippen molar-refractivity contribution in [1.82, 2.24) is 9.97 Å². The van der Waals surface area contributed by atoms with Gasteiger partial charge in [-0.1, -0.05) is 19.9 Å². The first kappa shape index (κ1) is 11.7. The van der Waals surface area contributed by atoms with Gasteiger partial charge in [0.05, 0.1) is 0 Å². The zero-order valence-corrected chi connectivity index (χ0v) is 9.75. The van der Waals surface area contributed by atoms with E-state index in [1.807, 2.05) is 19.1 Å². The Morgan fingerprint density at radius 2 is 2.20 bits per heavy atom. The monoisotopic (exact) mass is 205 g/mol. The lowest BCUT2D eigenvalue weighted by molar-refractivity contribution is 0.808. The van der Waals surface area contributed by atoms with Crippen molar-refractivity contribution in [3.63, 3.8) is 0 Å². The zero-order valence-electron chi connectivity index (χ0n) is 9.75. The van der Waals surface area contributed by atoms with Crippen molar-refractivity contribution in [3.05, 3.63) is 30.1 Å². The molecule has 0 saturated carbocycles. The summed E-state index contributed by atoms with van der Waals surface area (Å²) in [6.45, 7) is 10.8. The fourth-order valence-corrected chi connectivity index (χ4v) is 1.25. The number of hydrogen-bond donors (Lipinski definition) is 1. The van der Waals surface area contributed by atoms with Crippen molar-refractivity contribution >= 4 is 5.95 Å². The number of hydrogen-bond acceptors (Lipinski definition) is 3. The van der Waals surface area contributed by atoms with E-state index in [1.54, 1.807) is 0 Å². The van der Waals surface area contributed by atoms with Gasteiger partial charge in [-0.3, -0.25) is 0 Å². The lowest BCUT2D eigenvalue weighted by atomic mass is 10.1. The lowest BCUT2D eigenvalue weighted by Gasteiger charge is -2.09. The average molecular weight is 205 g/mol. The Labute approximate surface area is 91.7 Å². The molecule has 0 aliphatic carbocycles. The van der Waals surface area contributed by atoms with Crippen molar-refractivity contribution < 1.29 is 0 Å². The molecule has 0 amide bonds. The van der Waals surface area contributed by atoms with E-state index in [0.29, 0.717) is 5.92 Å². The van der Waals surface area contributed by atoms with Crippen molar-refractivity contribution in [2.75, 3.05) is 11.9 Å². The van der Waals surface area contributed by atoms with Crippen LogP contribution in [0.3, 0.4) is 0 Å². The molecule has 0 aliphatic heterocycles. The SMILES string of the molecule is C=CCCNc1nc(C)cc(C(C)C)n1. The first-order chi connectivity index (χ1) is 7.13. The minimum atomic E-state index is 0.437. The second-order valence-electron chi connectivity index (χ2n) is 3.92. The average Bonchev–Trinajstić information content (AvgIpc) is 2.17. The third-order valence-electron chi connectivity index (χ3n) is 2.10. The van der Waals surface area contributed by atoms with Crippen LogP contribution < -0.4 is 5.32 Å². The number of nitrogens with one attached hydrogen (secondary N) is 1. The zero-order chi connectivity index (χ0) is 11.3. The van der Waals surface area contributed by atoms with E-state index in [-0.39, 0.29) is 0 Å². The van der Waals surface area contributed by atoms with Crippen LogP contribution in [-0.4, -0.2) is 16.5 Å². The third-order valence-corrected chi connectivity index (χ3v) is 2.10. The molecule has 1 N–H and O–H groups in total. The lowest BCUT2D eigenvalue weighted by Crippen LogP contribution is -2.07. The molecular weight excluding hydrogens is 186 g/mol. The topological polar surface area (TPSA) is 37.8 Å². The van der Waals surface area contributed by atoms with E-state index < -0.39 is 0 Å². The molecule has 1 rings (SSSR count). The molecular formula is C12H19N3. The molecule has 0 spiro atoms. The van der Waals surface area contributed by atoms with Crippen LogP contribution >= 0.6 is 0 Å². The maximum atomic E-state index is 4.45. The second kappa shape index (κ2) is 5.49. The maximum absolute atomic E-state index is 4.45. The van der Waals surface area contributed by atoms with Gasteiger partial charge in [0, 0.05) is 17.9 Å². The molecule has 0 saturated heterocycles. The van der Waals surface area contributed by atoms with Gasteiger partial charge in [0.15, 0.2) is 0 Å². The number of aryl methyl sites for hydroxylation is 1. The van der Waals surface area contributed by atoms with Gasteiger partial charge < -0.3 is 5.32 Å². The molecule has 0 bridgehead atoms. The van der Waals surface area contributed by atoms with Crippen LogP contribution in [0.5, 0.6) is 0 Å². The van der Waals surface area contributed by atoms with Gasteiger partial charge in [0.1, 0.15) is 0 Å². The highest BCUT2D eigenvalue weighted by atomic mass is 15.1. The quantitative estimate of drug-likeness (QED) is 0.593. The van der Waals surface area contributed by atoms with Crippen LogP contribution in [0.25, 0.3) is 0 Å². The molecule has 1 aromatic heterocycles. The van der Waals surface area contributed by atoms with Crippen molar-refractivity contribution in [2.45, 2.75) is 33.1 Å². The normalized spacial score (nSPS) is 10.4. The highest BCUT2D eigenvalue weighted by Crippen LogP contribution is 2.14. The van der Waals surface area contributed by atoms with Gasteiger partial charge in [0.25, 0.3) is 0 Å². The number of anilines is 1. The van der Waals surface area contributed by atoms with Crippen molar-refractivity contribution in [3.8, 4) is 0 Å². The van der Waals surface area contributed by atoms with Gasteiger partial charge in [-0.15, -0.1) is 6.58 Å². The second-order valence-corrected chi connectivity index (χ2v) is 3.92. The molecule has 0 aromatic carbocycles. The molecule has 1 aromatic rings. The molecule has 82 valence electrons. The molecule has 0 atom stereocenters. The van der Waals surface area contributed by atoms with E-state index in [4.69, 9.17) is 0 Å². The molecule has 0 fully saturated rings. The Morgan fingerprint density at radius 1 is 1.47 bits per heavy atom. The van der Waals surface area contributed by atoms with E-state index in [1.165, 1.54) is 0 Å². The third kappa shape index (κ3) is 3.70. The molecule has 3 nitrogen and oxygen atoms in total. The predicted octanol–water partition coefficient (Wildman–Crippen LogP) is 2.90. The Bertz CT molecular complexity index is 332. The predicted molar refractivity (Wildman–Crippen MR) is 64.2 cm³/mol. The van der Waals surface area contributed by atoms with Crippen molar-refractivity contribution in [2.24, 2.45) is 0 Å². The Kier molecular flexibility index (Phi) is 4.28. The van der Waals surface area contributed by atoms with Gasteiger partial charge in [-0.25, -0.2) is 9.97 Å². The Hall–Kier alpha value is -1.38. The smallest absolute Gasteiger partial charge is 0.223 e. The van der Waals surface area contributed by atoms with Crippen LogP contribution in [0, 0.1) is 6.92 Å². The summed E-state index contributed by atoms with van der Waals surface area (Å²) in [7, 11) is 0. The van der Waals surface area contributed by atoms with E-state index in [9.17, 15) is 0 Å². The number of aromatic nitrogens is 2. The van der Waals surface area contributed by atoms with E-state index in [0.717, 1.165) is 30.3 Å². The first-order valence-electron chi connectivity index (χ1n) is 5.34. The molecule has 1 heterocycles.